The molecule has 0 aliphatic rings. The van der Waals surface area contributed by atoms with Gasteiger partial charge in [-0.1, -0.05) is 36.7 Å². The van der Waals surface area contributed by atoms with E-state index in [2.05, 4.69) is 42.8 Å². The molecule has 2 heteroatoms. The molecular formula is C11H15BrO. The Balaban J connectivity index is 3.24. The fourth-order valence-electron chi connectivity index (χ4n) is 1.27. The summed E-state index contributed by atoms with van der Waals surface area (Å²) >= 11 is 3.46. The van der Waals surface area contributed by atoms with Gasteiger partial charge in [0.2, 0.25) is 0 Å². The summed E-state index contributed by atoms with van der Waals surface area (Å²) in [6, 6.07) is 6.09. The smallest absolute Gasteiger partial charge is 0.122 e. The van der Waals surface area contributed by atoms with Gasteiger partial charge in [0.25, 0.3) is 0 Å². The Morgan fingerprint density at radius 3 is 2.31 bits per heavy atom. The van der Waals surface area contributed by atoms with Crippen LogP contribution in [0.4, 0.5) is 0 Å². The summed E-state index contributed by atoms with van der Waals surface area (Å²) < 4.78 is 6.40. The summed E-state index contributed by atoms with van der Waals surface area (Å²) in [4.78, 5) is 0. The first-order chi connectivity index (χ1) is 5.95. The summed E-state index contributed by atoms with van der Waals surface area (Å²) in [5.41, 5.74) is 1.35. The third-order valence-electron chi connectivity index (χ3n) is 1.97. The molecule has 0 amide bonds. The van der Waals surface area contributed by atoms with Crippen molar-refractivity contribution in [3.05, 3.63) is 28.2 Å². The molecule has 0 radical (unpaired) electrons. The summed E-state index contributed by atoms with van der Waals surface area (Å²) in [6.45, 7) is 6.53. The topological polar surface area (TPSA) is 9.23 Å². The van der Waals surface area contributed by atoms with E-state index in [9.17, 15) is 0 Å². The van der Waals surface area contributed by atoms with E-state index in [-0.39, 0.29) is 5.41 Å². The van der Waals surface area contributed by atoms with Crippen LogP contribution in [0.25, 0.3) is 0 Å². The first-order valence-electron chi connectivity index (χ1n) is 4.29. The van der Waals surface area contributed by atoms with Crippen molar-refractivity contribution in [3.63, 3.8) is 0 Å². The molecule has 0 N–H and O–H groups in total. The van der Waals surface area contributed by atoms with Crippen LogP contribution in [0.15, 0.2) is 22.7 Å². The van der Waals surface area contributed by atoms with E-state index in [0.717, 1.165) is 10.2 Å². The van der Waals surface area contributed by atoms with Crippen LogP contribution < -0.4 is 4.74 Å². The highest BCUT2D eigenvalue weighted by Gasteiger charge is 2.18. The lowest BCUT2D eigenvalue weighted by atomic mass is 9.86. The second-order valence-electron chi connectivity index (χ2n) is 4.09. The number of benzene rings is 1. The van der Waals surface area contributed by atoms with Crippen LogP contribution in [-0.4, -0.2) is 7.11 Å². The first kappa shape index (κ1) is 10.6. The lowest BCUT2D eigenvalue weighted by Gasteiger charge is -2.22. The van der Waals surface area contributed by atoms with Crippen molar-refractivity contribution in [3.8, 4) is 5.75 Å². The number of hydrogen-bond acceptors (Lipinski definition) is 1. The highest BCUT2D eigenvalue weighted by molar-refractivity contribution is 9.10. The molecule has 0 aromatic heterocycles. The zero-order valence-corrected chi connectivity index (χ0v) is 10.1. The summed E-state index contributed by atoms with van der Waals surface area (Å²) in [7, 11) is 1.71. The minimum absolute atomic E-state index is 0.120. The normalized spacial score (nSPS) is 11.5. The Labute approximate surface area is 88.2 Å². The maximum absolute atomic E-state index is 5.31. The van der Waals surface area contributed by atoms with Crippen LogP contribution in [0.1, 0.15) is 26.3 Å². The van der Waals surface area contributed by atoms with Crippen molar-refractivity contribution in [2.75, 3.05) is 7.11 Å². The van der Waals surface area contributed by atoms with Gasteiger partial charge in [0.05, 0.1) is 7.11 Å². The minimum atomic E-state index is 0.120. The van der Waals surface area contributed by atoms with Gasteiger partial charge in [0.1, 0.15) is 5.75 Å². The quantitative estimate of drug-likeness (QED) is 0.729. The van der Waals surface area contributed by atoms with Crippen molar-refractivity contribution in [2.24, 2.45) is 0 Å². The molecule has 0 bridgehead atoms. The molecule has 1 nitrogen and oxygen atoms in total. The van der Waals surface area contributed by atoms with Crippen molar-refractivity contribution < 1.29 is 4.74 Å². The molecule has 13 heavy (non-hydrogen) atoms. The predicted octanol–water partition coefficient (Wildman–Crippen LogP) is 3.76. The van der Waals surface area contributed by atoms with Crippen molar-refractivity contribution in [2.45, 2.75) is 26.2 Å². The van der Waals surface area contributed by atoms with Crippen LogP contribution in [0, 0.1) is 0 Å². The number of rotatable bonds is 1. The lowest BCUT2D eigenvalue weighted by molar-refractivity contribution is 0.397. The zero-order valence-electron chi connectivity index (χ0n) is 8.52. The van der Waals surface area contributed by atoms with Gasteiger partial charge < -0.3 is 4.74 Å². The third-order valence-corrected chi connectivity index (χ3v) is 2.46. The number of methoxy groups -OCH3 is 1. The summed E-state index contributed by atoms with van der Waals surface area (Å²) in [5, 5.41) is 0. The maximum Gasteiger partial charge on any atom is 0.122 e. The van der Waals surface area contributed by atoms with E-state index < -0.39 is 0 Å². The Kier molecular flexibility index (Phi) is 3.01. The van der Waals surface area contributed by atoms with Gasteiger partial charge in [-0.3, -0.25) is 0 Å². The predicted molar refractivity (Wildman–Crippen MR) is 59.4 cm³/mol. The lowest BCUT2D eigenvalue weighted by Crippen LogP contribution is -2.12. The molecule has 0 unspecified atom stereocenters. The monoisotopic (exact) mass is 242 g/mol. The Morgan fingerprint density at radius 1 is 1.23 bits per heavy atom. The van der Waals surface area contributed by atoms with Crippen LogP contribution in [0.2, 0.25) is 0 Å². The molecule has 0 saturated heterocycles. The van der Waals surface area contributed by atoms with Gasteiger partial charge in [-0.15, -0.1) is 0 Å². The summed E-state index contributed by atoms with van der Waals surface area (Å²) in [5.74, 6) is 0.954. The van der Waals surface area contributed by atoms with E-state index in [0.29, 0.717) is 0 Å². The van der Waals surface area contributed by atoms with Crippen molar-refractivity contribution in [1.82, 2.24) is 0 Å². The number of ether oxygens (including phenoxy) is 1. The van der Waals surface area contributed by atoms with Gasteiger partial charge in [-0.05, 0) is 23.6 Å². The van der Waals surface area contributed by atoms with Gasteiger partial charge in [-0.2, -0.15) is 0 Å². The van der Waals surface area contributed by atoms with E-state index in [1.807, 2.05) is 12.1 Å². The van der Waals surface area contributed by atoms with Crippen molar-refractivity contribution in [1.29, 1.82) is 0 Å². The average molecular weight is 243 g/mol. The van der Waals surface area contributed by atoms with Gasteiger partial charge in [0.15, 0.2) is 0 Å². The molecule has 0 fully saturated rings. The van der Waals surface area contributed by atoms with Crippen LogP contribution in [0.5, 0.6) is 5.75 Å². The Bertz CT molecular complexity index is 299. The van der Waals surface area contributed by atoms with E-state index in [4.69, 9.17) is 4.74 Å². The number of halogens is 1. The van der Waals surface area contributed by atoms with Crippen LogP contribution >= 0.6 is 15.9 Å². The van der Waals surface area contributed by atoms with Gasteiger partial charge in [-0.25, -0.2) is 0 Å². The van der Waals surface area contributed by atoms with E-state index >= 15 is 0 Å². The fraction of sp³-hybridized carbons (Fsp3) is 0.455. The highest BCUT2D eigenvalue weighted by Crippen LogP contribution is 2.33. The standard InChI is InChI=1S/C11H15BrO/c1-11(2,3)9-7-8(12)5-6-10(9)13-4/h5-7H,1-4H3. The van der Waals surface area contributed by atoms with Crippen molar-refractivity contribution >= 4 is 15.9 Å². The zero-order chi connectivity index (χ0) is 10.1. The second-order valence-corrected chi connectivity index (χ2v) is 5.01. The largest absolute Gasteiger partial charge is 0.496 e. The molecule has 1 aromatic carbocycles. The maximum atomic E-state index is 5.31. The molecule has 1 aromatic rings. The summed E-state index contributed by atoms with van der Waals surface area (Å²) in [6.07, 6.45) is 0. The Hall–Kier alpha value is -0.500. The second kappa shape index (κ2) is 3.70. The van der Waals surface area contributed by atoms with Gasteiger partial charge in [0, 0.05) is 10.0 Å². The van der Waals surface area contributed by atoms with E-state index in [1.165, 1.54) is 5.56 Å². The molecule has 72 valence electrons. The third kappa shape index (κ3) is 2.47. The molecule has 0 spiro atoms. The fourth-order valence-corrected chi connectivity index (χ4v) is 1.63. The molecule has 1 rings (SSSR count). The highest BCUT2D eigenvalue weighted by atomic mass is 79.9. The van der Waals surface area contributed by atoms with E-state index in [1.54, 1.807) is 7.11 Å². The van der Waals surface area contributed by atoms with Crippen LogP contribution in [-0.2, 0) is 5.41 Å². The molecule has 0 aliphatic carbocycles. The Morgan fingerprint density at radius 2 is 1.85 bits per heavy atom. The molecule has 0 heterocycles. The first-order valence-corrected chi connectivity index (χ1v) is 5.08. The molecule has 0 saturated carbocycles. The number of hydrogen-bond donors (Lipinski definition) is 0. The van der Waals surface area contributed by atoms with Crippen LogP contribution in [0.3, 0.4) is 0 Å². The SMILES string of the molecule is COc1ccc(Br)cc1C(C)(C)C. The average Bonchev–Trinajstić information content (AvgIpc) is 2.03. The molecule has 0 atom stereocenters. The van der Waals surface area contributed by atoms with Gasteiger partial charge >= 0.3 is 0 Å². The molecule has 0 aliphatic heterocycles. The molecular weight excluding hydrogens is 228 g/mol. The minimum Gasteiger partial charge on any atom is -0.496 e.